The predicted octanol–water partition coefficient (Wildman–Crippen LogP) is 3.68. The first kappa shape index (κ1) is 25.7. The summed E-state index contributed by atoms with van der Waals surface area (Å²) in [6, 6.07) is 1.78. The first-order valence-corrected chi connectivity index (χ1v) is 14.1. The summed E-state index contributed by atoms with van der Waals surface area (Å²) in [6.07, 6.45) is 13.1. The molecule has 11 nitrogen and oxygen atoms in total. The molecule has 39 heavy (non-hydrogen) atoms. The third-order valence-corrected chi connectivity index (χ3v) is 8.70. The summed E-state index contributed by atoms with van der Waals surface area (Å²) in [6.45, 7) is 6.04. The average molecular weight is 549 g/mol. The zero-order valence-corrected chi connectivity index (χ0v) is 23.0. The van der Waals surface area contributed by atoms with Crippen LogP contribution in [0, 0.1) is 12.3 Å². The molecular weight excluding hydrogens is 516 g/mol. The summed E-state index contributed by atoms with van der Waals surface area (Å²) in [5.74, 6) is -0.248. The Labute approximate surface area is 230 Å². The molecule has 204 valence electrons. The van der Waals surface area contributed by atoms with Crippen molar-refractivity contribution in [3.63, 3.8) is 0 Å². The number of hydrogen-bond acceptors (Lipinski definition) is 8. The first-order valence-electron chi connectivity index (χ1n) is 13.2. The number of likely N-dealkylation sites (tertiary alicyclic amines) is 1. The lowest BCUT2D eigenvalue weighted by Gasteiger charge is -2.22. The van der Waals surface area contributed by atoms with Gasteiger partial charge in [0.25, 0.3) is 5.91 Å². The van der Waals surface area contributed by atoms with Crippen LogP contribution in [0.3, 0.4) is 0 Å². The smallest absolute Gasteiger partial charge is 0.260 e. The molecule has 4 aromatic rings. The molecule has 2 N–H and O–H groups in total. The Hall–Kier alpha value is -3.61. The molecule has 0 unspecified atom stereocenters. The van der Waals surface area contributed by atoms with Crippen LogP contribution >= 0.6 is 11.3 Å². The van der Waals surface area contributed by atoms with E-state index in [9.17, 15) is 9.59 Å². The lowest BCUT2D eigenvalue weighted by Crippen LogP contribution is -2.36. The number of carbonyl (C=O) groups excluding carboxylic acids is 2. The molecular formula is C27H32N8O3S. The molecule has 0 spiro atoms. The van der Waals surface area contributed by atoms with Crippen LogP contribution < -0.4 is 10.6 Å². The molecule has 0 aromatic carbocycles. The van der Waals surface area contributed by atoms with E-state index in [0.29, 0.717) is 35.8 Å². The summed E-state index contributed by atoms with van der Waals surface area (Å²) in [5, 5.41) is 14.8. The normalized spacial score (nSPS) is 16.6. The number of thiazole rings is 1. The van der Waals surface area contributed by atoms with Gasteiger partial charge in [-0.3, -0.25) is 19.3 Å². The molecule has 0 atom stereocenters. The van der Waals surface area contributed by atoms with Crippen LogP contribution in [-0.2, 0) is 16.1 Å². The number of anilines is 2. The Bertz CT molecular complexity index is 1510. The number of methoxy groups -OCH3 is 1. The molecule has 1 aliphatic heterocycles. The number of aromatic nitrogens is 5. The number of pyridine rings is 1. The van der Waals surface area contributed by atoms with Gasteiger partial charge in [-0.25, -0.2) is 4.52 Å². The highest BCUT2D eigenvalue weighted by molar-refractivity contribution is 7.21. The standard InChI is InChI=1S/C27H32N8O3S/c1-18-22(11-20(13-28-18)31-26(37)27(5-6-27)17-33-7-3-4-8-33)32-24(36)21-14-30-35-16-23(39-25(21)35)19-12-29-34(15-19)9-10-38-2/h11-16H,3-10,17H2,1-2H3,(H,31,37)(H,32,36). The zero-order chi connectivity index (χ0) is 27.0. The Balaban J connectivity index is 1.15. The van der Waals surface area contributed by atoms with Crippen molar-refractivity contribution in [1.29, 1.82) is 0 Å². The first-order chi connectivity index (χ1) is 18.9. The van der Waals surface area contributed by atoms with Crippen molar-refractivity contribution in [2.75, 3.05) is 44.0 Å². The van der Waals surface area contributed by atoms with E-state index >= 15 is 0 Å². The number of aryl methyl sites for hydroxylation is 1. The number of fused-ring (bicyclic) bond motifs is 1. The van der Waals surface area contributed by atoms with Crippen molar-refractivity contribution in [1.82, 2.24) is 29.3 Å². The third kappa shape index (κ3) is 5.32. The van der Waals surface area contributed by atoms with Crippen molar-refractivity contribution in [3.8, 4) is 10.4 Å². The zero-order valence-electron chi connectivity index (χ0n) is 22.1. The molecule has 2 aliphatic rings. The van der Waals surface area contributed by atoms with E-state index in [1.54, 1.807) is 36.3 Å². The van der Waals surface area contributed by atoms with Gasteiger partial charge >= 0.3 is 0 Å². The minimum absolute atomic E-state index is 0.0346. The maximum absolute atomic E-state index is 13.3. The second-order valence-corrected chi connectivity index (χ2v) is 11.4. The Morgan fingerprint density at radius 3 is 2.69 bits per heavy atom. The Morgan fingerprint density at radius 1 is 1.10 bits per heavy atom. The number of amides is 2. The van der Waals surface area contributed by atoms with E-state index in [-0.39, 0.29) is 17.2 Å². The highest BCUT2D eigenvalue weighted by atomic mass is 32.1. The van der Waals surface area contributed by atoms with Crippen LogP contribution in [0.4, 0.5) is 11.4 Å². The molecule has 2 amide bonds. The van der Waals surface area contributed by atoms with Crippen molar-refractivity contribution >= 4 is 39.4 Å². The van der Waals surface area contributed by atoms with Gasteiger partial charge in [-0.15, -0.1) is 11.3 Å². The van der Waals surface area contributed by atoms with E-state index in [4.69, 9.17) is 4.74 Å². The number of ether oxygens (including phenoxy) is 1. The molecule has 1 aliphatic carbocycles. The third-order valence-electron chi connectivity index (χ3n) is 7.54. The van der Waals surface area contributed by atoms with Crippen molar-refractivity contribution in [3.05, 3.63) is 48.3 Å². The number of nitrogens with zero attached hydrogens (tertiary/aromatic N) is 6. The van der Waals surface area contributed by atoms with Crippen LogP contribution in [0.5, 0.6) is 0 Å². The molecule has 2 fully saturated rings. The lowest BCUT2D eigenvalue weighted by molar-refractivity contribution is -0.121. The second kappa shape index (κ2) is 10.5. The van der Waals surface area contributed by atoms with Crippen molar-refractivity contribution in [2.45, 2.75) is 39.2 Å². The fourth-order valence-electron chi connectivity index (χ4n) is 5.03. The quantitative estimate of drug-likeness (QED) is 0.310. The molecule has 1 saturated carbocycles. The minimum Gasteiger partial charge on any atom is -0.383 e. The van der Waals surface area contributed by atoms with Gasteiger partial charge in [-0.05, 0) is 51.8 Å². The molecule has 1 saturated heterocycles. The topological polar surface area (TPSA) is 119 Å². The van der Waals surface area contributed by atoms with Crippen molar-refractivity contribution in [2.24, 2.45) is 5.41 Å². The van der Waals surface area contributed by atoms with Gasteiger partial charge in [-0.1, -0.05) is 0 Å². The highest BCUT2D eigenvalue weighted by Crippen LogP contribution is 2.47. The summed E-state index contributed by atoms with van der Waals surface area (Å²) in [5.41, 5.74) is 2.91. The summed E-state index contributed by atoms with van der Waals surface area (Å²) in [4.78, 5) is 34.9. The van der Waals surface area contributed by atoms with E-state index < -0.39 is 0 Å². The summed E-state index contributed by atoms with van der Waals surface area (Å²) >= 11 is 1.48. The predicted molar refractivity (Wildman–Crippen MR) is 149 cm³/mol. The number of hydrogen-bond donors (Lipinski definition) is 2. The maximum atomic E-state index is 13.3. The van der Waals surface area contributed by atoms with Crippen LogP contribution in [-0.4, -0.2) is 74.4 Å². The monoisotopic (exact) mass is 548 g/mol. The van der Waals surface area contributed by atoms with E-state index in [1.165, 1.54) is 24.2 Å². The minimum atomic E-state index is -0.306. The fourth-order valence-corrected chi connectivity index (χ4v) is 6.06. The molecule has 6 rings (SSSR count). The van der Waals surface area contributed by atoms with Crippen LogP contribution in [0.15, 0.2) is 37.1 Å². The Kier molecular flexibility index (Phi) is 6.92. The van der Waals surface area contributed by atoms with E-state index in [2.05, 4.69) is 30.7 Å². The van der Waals surface area contributed by atoms with Gasteiger partial charge in [0.15, 0.2) is 0 Å². The van der Waals surface area contributed by atoms with E-state index in [0.717, 1.165) is 47.7 Å². The SMILES string of the molecule is COCCn1cc(-c2cn3ncc(C(=O)Nc4cc(NC(=O)C5(CN6CCCC6)CC5)cnc4C)c3s2)cn1. The van der Waals surface area contributed by atoms with Crippen LogP contribution in [0.25, 0.3) is 15.3 Å². The van der Waals surface area contributed by atoms with Gasteiger partial charge in [-0.2, -0.15) is 10.2 Å². The molecule has 0 bridgehead atoms. The van der Waals surface area contributed by atoms with Gasteiger partial charge in [0.2, 0.25) is 5.91 Å². The molecule has 5 heterocycles. The van der Waals surface area contributed by atoms with Crippen LogP contribution in [0.2, 0.25) is 0 Å². The maximum Gasteiger partial charge on any atom is 0.260 e. The van der Waals surface area contributed by atoms with Gasteiger partial charge in [0, 0.05) is 31.6 Å². The molecule has 12 heteroatoms. The molecule has 0 radical (unpaired) electrons. The largest absolute Gasteiger partial charge is 0.383 e. The van der Waals surface area contributed by atoms with E-state index in [1.807, 2.05) is 24.0 Å². The van der Waals surface area contributed by atoms with Crippen molar-refractivity contribution < 1.29 is 14.3 Å². The second-order valence-electron chi connectivity index (χ2n) is 10.4. The van der Waals surface area contributed by atoms with Crippen LogP contribution in [0.1, 0.15) is 41.7 Å². The van der Waals surface area contributed by atoms with Gasteiger partial charge in [0.1, 0.15) is 4.83 Å². The molecule has 4 aromatic heterocycles. The number of nitrogens with one attached hydrogen (secondary N) is 2. The summed E-state index contributed by atoms with van der Waals surface area (Å²) in [7, 11) is 1.66. The fraction of sp³-hybridized carbons (Fsp3) is 0.444. The Morgan fingerprint density at radius 2 is 1.92 bits per heavy atom. The summed E-state index contributed by atoms with van der Waals surface area (Å²) < 4.78 is 8.65. The number of carbonyl (C=O) groups is 2. The lowest BCUT2D eigenvalue weighted by atomic mass is 10.1. The van der Waals surface area contributed by atoms with Gasteiger partial charge in [0.05, 0.1) is 64.7 Å². The average Bonchev–Trinajstić information content (AvgIpc) is 3.39. The highest BCUT2D eigenvalue weighted by Gasteiger charge is 2.50. The van der Waals surface area contributed by atoms with Gasteiger partial charge < -0.3 is 20.3 Å². The number of rotatable bonds is 10.